The zero-order chi connectivity index (χ0) is 26.4. The first-order chi connectivity index (χ1) is 19.2. The fourth-order valence-corrected chi connectivity index (χ4v) is 5.77. The van der Waals surface area contributed by atoms with Crippen molar-refractivity contribution in [2.24, 2.45) is 0 Å². The largest absolute Gasteiger partial charge is 0.379 e. The van der Waals surface area contributed by atoms with Gasteiger partial charge in [-0.25, -0.2) is 9.97 Å². The van der Waals surface area contributed by atoms with Gasteiger partial charge >= 0.3 is 0 Å². The van der Waals surface area contributed by atoms with E-state index in [-0.39, 0.29) is 0 Å². The Kier molecular flexibility index (Phi) is 8.35. The molecule has 1 N–H and O–H groups in total. The van der Waals surface area contributed by atoms with E-state index in [0.29, 0.717) is 0 Å². The van der Waals surface area contributed by atoms with Crippen molar-refractivity contribution < 1.29 is 4.74 Å². The van der Waals surface area contributed by atoms with Gasteiger partial charge in [-0.3, -0.25) is 9.80 Å². The highest BCUT2D eigenvalue weighted by Gasteiger charge is 2.24. The Hall–Kier alpha value is -3.04. The van der Waals surface area contributed by atoms with Crippen LogP contribution in [0.3, 0.4) is 0 Å². The SMILES string of the molecule is CN1CCN(c2ccc(-c3nc4c(c(NCCN5CCOCC5)n3)CN(Cc3ccccc3)CC4)cc2)CC1. The number of nitrogens with zero attached hydrogens (tertiary/aromatic N) is 6. The van der Waals surface area contributed by atoms with Crippen molar-refractivity contribution >= 4 is 11.5 Å². The maximum Gasteiger partial charge on any atom is 0.161 e. The zero-order valence-corrected chi connectivity index (χ0v) is 23.2. The summed E-state index contributed by atoms with van der Waals surface area (Å²) in [6.07, 6.45) is 0.940. The van der Waals surface area contributed by atoms with Crippen molar-refractivity contribution in [2.75, 3.05) is 89.4 Å². The summed E-state index contributed by atoms with van der Waals surface area (Å²) in [7, 11) is 2.20. The number of rotatable bonds is 8. The van der Waals surface area contributed by atoms with Gasteiger partial charge in [-0.2, -0.15) is 0 Å². The van der Waals surface area contributed by atoms with Crippen LogP contribution in [0, 0.1) is 0 Å². The van der Waals surface area contributed by atoms with E-state index >= 15 is 0 Å². The lowest BCUT2D eigenvalue weighted by Gasteiger charge is -2.34. The quantitative estimate of drug-likeness (QED) is 0.479. The number of nitrogens with one attached hydrogen (secondary N) is 1. The van der Waals surface area contributed by atoms with E-state index in [1.807, 2.05) is 0 Å². The smallest absolute Gasteiger partial charge is 0.161 e. The fraction of sp³-hybridized carbons (Fsp3) is 0.484. The molecular formula is C31H41N7O. The van der Waals surface area contributed by atoms with Gasteiger partial charge in [0.1, 0.15) is 5.82 Å². The van der Waals surface area contributed by atoms with Crippen molar-refractivity contribution in [1.29, 1.82) is 0 Å². The average molecular weight is 528 g/mol. The highest BCUT2D eigenvalue weighted by Crippen LogP contribution is 2.29. The highest BCUT2D eigenvalue weighted by molar-refractivity contribution is 5.63. The molecule has 2 aromatic carbocycles. The number of morpholine rings is 1. The Labute approximate surface area is 232 Å². The Morgan fingerprint density at radius 2 is 1.59 bits per heavy atom. The van der Waals surface area contributed by atoms with Gasteiger partial charge < -0.3 is 19.9 Å². The van der Waals surface area contributed by atoms with Crippen LogP contribution in [0.5, 0.6) is 0 Å². The van der Waals surface area contributed by atoms with Gasteiger partial charge in [0.25, 0.3) is 0 Å². The van der Waals surface area contributed by atoms with Crippen molar-refractivity contribution in [1.82, 2.24) is 24.7 Å². The molecule has 4 heterocycles. The van der Waals surface area contributed by atoms with E-state index in [4.69, 9.17) is 14.7 Å². The third kappa shape index (κ3) is 6.58. The molecule has 39 heavy (non-hydrogen) atoms. The number of ether oxygens (including phenoxy) is 1. The number of fused-ring (bicyclic) bond motifs is 1. The molecule has 0 saturated carbocycles. The summed E-state index contributed by atoms with van der Waals surface area (Å²) in [6, 6.07) is 19.6. The van der Waals surface area contributed by atoms with Crippen LogP contribution < -0.4 is 10.2 Å². The van der Waals surface area contributed by atoms with Gasteiger partial charge in [-0.15, -0.1) is 0 Å². The molecule has 8 heteroatoms. The van der Waals surface area contributed by atoms with Crippen LogP contribution in [-0.2, 0) is 24.2 Å². The first kappa shape index (κ1) is 26.2. The standard InChI is InChI=1S/C31H41N7O/c1-35-15-17-38(18-16-35)27-9-7-26(8-10-27)30-33-29-11-13-37(23-25-5-3-2-4-6-25)24-28(29)31(34-30)32-12-14-36-19-21-39-22-20-36/h2-10H,11-24H2,1H3,(H,32,33,34). The van der Waals surface area contributed by atoms with Gasteiger partial charge in [-0.05, 0) is 36.9 Å². The predicted molar refractivity (Wildman–Crippen MR) is 157 cm³/mol. The van der Waals surface area contributed by atoms with Crippen LogP contribution in [0.4, 0.5) is 11.5 Å². The molecule has 3 aliphatic rings. The lowest BCUT2D eigenvalue weighted by Crippen LogP contribution is -2.44. The van der Waals surface area contributed by atoms with Crippen molar-refractivity contribution in [3.8, 4) is 11.4 Å². The summed E-state index contributed by atoms with van der Waals surface area (Å²) >= 11 is 0. The lowest BCUT2D eigenvalue weighted by atomic mass is 10.0. The maximum absolute atomic E-state index is 5.52. The molecule has 0 aliphatic carbocycles. The average Bonchev–Trinajstić information content (AvgIpc) is 2.99. The number of anilines is 2. The molecule has 2 fully saturated rings. The van der Waals surface area contributed by atoms with Crippen LogP contribution in [0.25, 0.3) is 11.4 Å². The number of likely N-dealkylation sites (N-methyl/N-ethyl adjacent to an activating group) is 1. The molecule has 0 atom stereocenters. The third-order valence-corrected chi connectivity index (χ3v) is 8.21. The van der Waals surface area contributed by atoms with Gasteiger partial charge in [-0.1, -0.05) is 30.3 Å². The fourth-order valence-electron chi connectivity index (χ4n) is 5.77. The Morgan fingerprint density at radius 1 is 0.821 bits per heavy atom. The highest BCUT2D eigenvalue weighted by atomic mass is 16.5. The molecule has 0 radical (unpaired) electrons. The second-order valence-corrected chi connectivity index (χ2v) is 11.0. The molecule has 1 aromatic heterocycles. The summed E-state index contributed by atoms with van der Waals surface area (Å²) in [6.45, 7) is 12.7. The molecule has 0 spiro atoms. The van der Waals surface area contributed by atoms with Gasteiger partial charge in [0.2, 0.25) is 0 Å². The van der Waals surface area contributed by atoms with E-state index in [9.17, 15) is 0 Å². The molecule has 2 saturated heterocycles. The van der Waals surface area contributed by atoms with Gasteiger partial charge in [0, 0.05) is 95.2 Å². The van der Waals surface area contributed by atoms with Crippen molar-refractivity contribution in [2.45, 2.75) is 19.5 Å². The molecule has 0 bridgehead atoms. The normalized spacial score (nSPS) is 19.2. The molecule has 0 amide bonds. The number of hydrogen-bond donors (Lipinski definition) is 1. The first-order valence-corrected chi connectivity index (χ1v) is 14.5. The Balaban J connectivity index is 1.21. The van der Waals surface area contributed by atoms with Crippen LogP contribution in [0.15, 0.2) is 54.6 Å². The number of piperazine rings is 1. The summed E-state index contributed by atoms with van der Waals surface area (Å²) in [5.74, 6) is 1.81. The molecular weight excluding hydrogens is 486 g/mol. The van der Waals surface area contributed by atoms with E-state index < -0.39 is 0 Å². The van der Waals surface area contributed by atoms with E-state index in [1.165, 1.54) is 22.5 Å². The Bertz CT molecular complexity index is 1210. The molecule has 8 nitrogen and oxygen atoms in total. The predicted octanol–water partition coefficient (Wildman–Crippen LogP) is 3.20. The maximum atomic E-state index is 5.52. The minimum Gasteiger partial charge on any atom is -0.379 e. The Morgan fingerprint density at radius 3 is 2.36 bits per heavy atom. The first-order valence-electron chi connectivity index (χ1n) is 14.5. The summed E-state index contributed by atoms with van der Waals surface area (Å²) in [5, 5.41) is 3.71. The number of aromatic nitrogens is 2. The third-order valence-electron chi connectivity index (χ3n) is 8.21. The topological polar surface area (TPSA) is 60.0 Å². The van der Waals surface area contributed by atoms with Crippen LogP contribution in [-0.4, -0.2) is 104 Å². The summed E-state index contributed by atoms with van der Waals surface area (Å²) in [4.78, 5) is 20.1. The van der Waals surface area contributed by atoms with Crippen molar-refractivity contribution in [3.05, 3.63) is 71.4 Å². The summed E-state index contributed by atoms with van der Waals surface area (Å²) < 4.78 is 5.52. The molecule has 206 valence electrons. The molecule has 3 aliphatic heterocycles. The van der Waals surface area contributed by atoms with E-state index in [1.54, 1.807) is 0 Å². The molecule has 0 unspecified atom stereocenters. The zero-order valence-electron chi connectivity index (χ0n) is 23.2. The van der Waals surface area contributed by atoms with E-state index in [2.05, 4.69) is 86.6 Å². The van der Waals surface area contributed by atoms with Crippen LogP contribution in [0.2, 0.25) is 0 Å². The minimum atomic E-state index is 0.823. The van der Waals surface area contributed by atoms with E-state index in [0.717, 1.165) is 109 Å². The molecule has 3 aromatic rings. The van der Waals surface area contributed by atoms with Gasteiger partial charge in [0.05, 0.1) is 18.9 Å². The lowest BCUT2D eigenvalue weighted by molar-refractivity contribution is 0.0398. The van der Waals surface area contributed by atoms with Crippen LogP contribution >= 0.6 is 0 Å². The van der Waals surface area contributed by atoms with Crippen molar-refractivity contribution in [3.63, 3.8) is 0 Å². The van der Waals surface area contributed by atoms with Gasteiger partial charge in [0.15, 0.2) is 5.82 Å². The number of hydrogen-bond acceptors (Lipinski definition) is 8. The molecule has 6 rings (SSSR count). The summed E-state index contributed by atoms with van der Waals surface area (Å²) in [5.41, 5.74) is 6.14. The monoisotopic (exact) mass is 527 g/mol. The van der Waals surface area contributed by atoms with Crippen LogP contribution in [0.1, 0.15) is 16.8 Å². The number of benzene rings is 2. The minimum absolute atomic E-state index is 0.823. The second-order valence-electron chi connectivity index (χ2n) is 11.0. The second kappa shape index (κ2) is 12.4.